The van der Waals surface area contributed by atoms with E-state index in [1.165, 1.54) is 6.33 Å². The Morgan fingerprint density at radius 1 is 1.07 bits per heavy atom. The van der Waals surface area contributed by atoms with E-state index in [0.29, 0.717) is 36.1 Å². The fourth-order valence-corrected chi connectivity index (χ4v) is 3.45. The van der Waals surface area contributed by atoms with Crippen LogP contribution in [0.1, 0.15) is 11.4 Å². The molecule has 1 aliphatic rings. The third-order valence-electron chi connectivity index (χ3n) is 5.11. The molecule has 3 heterocycles. The van der Waals surface area contributed by atoms with Crippen LogP contribution in [-0.4, -0.2) is 53.0 Å². The number of hydrogen-bond donors (Lipinski definition) is 1. The molecule has 156 valence electrons. The number of hydrogen-bond acceptors (Lipinski definition) is 7. The van der Waals surface area contributed by atoms with Gasteiger partial charge in [0.05, 0.1) is 31.5 Å². The first-order valence-electron chi connectivity index (χ1n) is 9.62. The van der Waals surface area contributed by atoms with Gasteiger partial charge in [0.2, 0.25) is 5.91 Å². The molecular formula is C21H24N6O3. The van der Waals surface area contributed by atoms with Crippen LogP contribution >= 0.6 is 0 Å². The lowest BCUT2D eigenvalue weighted by atomic mass is 9.99. The summed E-state index contributed by atoms with van der Waals surface area (Å²) in [6, 6.07) is 9.19. The zero-order valence-electron chi connectivity index (χ0n) is 17.4. The van der Waals surface area contributed by atoms with Crippen molar-refractivity contribution < 1.29 is 14.3 Å². The molecule has 0 bridgehead atoms. The summed E-state index contributed by atoms with van der Waals surface area (Å²) in [5.74, 6) is 2.53. The lowest BCUT2D eigenvalue weighted by Gasteiger charge is -2.39. The molecule has 1 aromatic carbocycles. The monoisotopic (exact) mass is 408 g/mol. The summed E-state index contributed by atoms with van der Waals surface area (Å²) in [7, 11) is 3.15. The number of ether oxygens (including phenoxy) is 2. The van der Waals surface area contributed by atoms with Crippen LogP contribution in [0, 0.1) is 19.8 Å². The zero-order chi connectivity index (χ0) is 21.3. The molecule has 30 heavy (non-hydrogen) atoms. The van der Waals surface area contributed by atoms with Crippen molar-refractivity contribution >= 4 is 17.4 Å². The average Bonchev–Trinajstić information content (AvgIpc) is 3.05. The van der Waals surface area contributed by atoms with Crippen molar-refractivity contribution in [1.29, 1.82) is 0 Å². The Bertz CT molecular complexity index is 1070. The Labute approximate surface area is 174 Å². The van der Waals surface area contributed by atoms with Gasteiger partial charge >= 0.3 is 0 Å². The molecule has 1 fully saturated rings. The van der Waals surface area contributed by atoms with Crippen molar-refractivity contribution in [2.75, 3.05) is 37.5 Å². The van der Waals surface area contributed by atoms with E-state index in [1.807, 2.05) is 30.9 Å². The number of benzene rings is 1. The molecule has 4 rings (SSSR count). The maximum atomic E-state index is 12.7. The van der Waals surface area contributed by atoms with Gasteiger partial charge in [0, 0.05) is 30.9 Å². The van der Waals surface area contributed by atoms with Gasteiger partial charge in [-0.2, -0.15) is 5.10 Å². The predicted octanol–water partition coefficient (Wildman–Crippen LogP) is 2.37. The van der Waals surface area contributed by atoms with E-state index in [4.69, 9.17) is 9.47 Å². The second-order valence-corrected chi connectivity index (χ2v) is 7.23. The van der Waals surface area contributed by atoms with Crippen LogP contribution in [0.5, 0.6) is 11.5 Å². The maximum Gasteiger partial charge on any atom is 0.231 e. The second-order valence-electron chi connectivity index (χ2n) is 7.23. The lowest BCUT2D eigenvalue weighted by molar-refractivity contribution is -0.120. The molecule has 1 saturated heterocycles. The number of carbonyl (C=O) groups is 1. The molecule has 0 radical (unpaired) electrons. The first-order valence-corrected chi connectivity index (χ1v) is 9.62. The van der Waals surface area contributed by atoms with E-state index in [0.717, 1.165) is 17.2 Å². The number of amides is 1. The van der Waals surface area contributed by atoms with E-state index in [9.17, 15) is 4.79 Å². The Hall–Kier alpha value is -3.62. The van der Waals surface area contributed by atoms with Gasteiger partial charge in [-0.3, -0.25) is 4.79 Å². The Morgan fingerprint density at radius 3 is 2.50 bits per heavy atom. The normalized spacial score (nSPS) is 13.7. The predicted molar refractivity (Wildman–Crippen MR) is 113 cm³/mol. The molecule has 2 aromatic heterocycles. The Kier molecular flexibility index (Phi) is 5.26. The number of carbonyl (C=O) groups excluding carboxylic acids is 1. The van der Waals surface area contributed by atoms with Gasteiger partial charge in [0.15, 0.2) is 5.82 Å². The highest BCUT2D eigenvalue weighted by Gasteiger charge is 2.34. The van der Waals surface area contributed by atoms with Gasteiger partial charge < -0.3 is 19.7 Å². The van der Waals surface area contributed by atoms with Crippen LogP contribution in [0.2, 0.25) is 0 Å². The molecule has 3 aromatic rings. The minimum atomic E-state index is -0.135. The minimum absolute atomic E-state index is 0.0532. The Morgan fingerprint density at radius 2 is 1.83 bits per heavy atom. The van der Waals surface area contributed by atoms with Crippen molar-refractivity contribution in [1.82, 2.24) is 19.7 Å². The highest BCUT2D eigenvalue weighted by atomic mass is 16.5. The fraction of sp³-hybridized carbons (Fsp3) is 0.333. The number of methoxy groups -OCH3 is 2. The van der Waals surface area contributed by atoms with Crippen molar-refractivity contribution in [2.45, 2.75) is 13.8 Å². The average molecular weight is 408 g/mol. The lowest BCUT2D eigenvalue weighted by Crippen LogP contribution is -2.52. The summed E-state index contributed by atoms with van der Waals surface area (Å²) in [6.07, 6.45) is 1.52. The number of nitrogens with one attached hydrogen (secondary N) is 1. The van der Waals surface area contributed by atoms with Crippen molar-refractivity contribution in [2.24, 2.45) is 5.92 Å². The zero-order valence-corrected chi connectivity index (χ0v) is 17.4. The summed E-state index contributed by atoms with van der Waals surface area (Å²) < 4.78 is 12.3. The third-order valence-corrected chi connectivity index (χ3v) is 5.11. The summed E-state index contributed by atoms with van der Waals surface area (Å²) in [5.41, 5.74) is 2.56. The van der Waals surface area contributed by atoms with E-state index in [2.05, 4.69) is 20.4 Å². The molecular weight excluding hydrogens is 384 g/mol. The van der Waals surface area contributed by atoms with Crippen LogP contribution in [0.25, 0.3) is 5.82 Å². The summed E-state index contributed by atoms with van der Waals surface area (Å²) >= 11 is 0. The highest BCUT2D eigenvalue weighted by molar-refractivity contribution is 5.95. The highest BCUT2D eigenvalue weighted by Crippen LogP contribution is 2.31. The molecule has 0 spiro atoms. The summed E-state index contributed by atoms with van der Waals surface area (Å²) in [4.78, 5) is 23.4. The van der Waals surface area contributed by atoms with Gasteiger partial charge in [-0.05, 0) is 32.0 Å². The van der Waals surface area contributed by atoms with Crippen molar-refractivity contribution in [3.63, 3.8) is 0 Å². The SMILES string of the molecule is COc1ccc(NC(=O)C2CN(c3cc(-n4nc(C)cc4C)ncn3)C2)c(OC)c1. The van der Waals surface area contributed by atoms with Gasteiger partial charge in [-0.15, -0.1) is 0 Å². The molecule has 1 aliphatic heterocycles. The van der Waals surface area contributed by atoms with Crippen LogP contribution in [0.3, 0.4) is 0 Å². The first kappa shape index (κ1) is 19.7. The van der Waals surface area contributed by atoms with Gasteiger partial charge in [0.25, 0.3) is 0 Å². The van der Waals surface area contributed by atoms with Gasteiger partial charge in [-0.25, -0.2) is 14.6 Å². The van der Waals surface area contributed by atoms with Crippen LogP contribution < -0.4 is 19.7 Å². The van der Waals surface area contributed by atoms with Crippen LogP contribution in [0.4, 0.5) is 11.5 Å². The first-order chi connectivity index (χ1) is 14.5. The van der Waals surface area contributed by atoms with E-state index in [-0.39, 0.29) is 11.8 Å². The number of nitrogens with zero attached hydrogens (tertiary/aromatic N) is 5. The van der Waals surface area contributed by atoms with Crippen LogP contribution in [0.15, 0.2) is 36.7 Å². The topological polar surface area (TPSA) is 94.4 Å². The number of aromatic nitrogens is 4. The van der Waals surface area contributed by atoms with Gasteiger partial charge in [-0.1, -0.05) is 0 Å². The summed E-state index contributed by atoms with van der Waals surface area (Å²) in [5, 5.41) is 7.41. The van der Waals surface area contributed by atoms with E-state index < -0.39 is 0 Å². The molecule has 0 aliphatic carbocycles. The van der Waals surface area contributed by atoms with Crippen molar-refractivity contribution in [3.8, 4) is 17.3 Å². The smallest absolute Gasteiger partial charge is 0.231 e. The molecule has 1 N–H and O–H groups in total. The fourth-order valence-electron chi connectivity index (χ4n) is 3.45. The van der Waals surface area contributed by atoms with Crippen LogP contribution in [-0.2, 0) is 4.79 Å². The molecule has 0 unspecified atom stereocenters. The van der Waals surface area contributed by atoms with Gasteiger partial charge in [0.1, 0.15) is 23.6 Å². The van der Waals surface area contributed by atoms with Crippen molar-refractivity contribution in [3.05, 3.63) is 48.0 Å². The molecule has 9 nitrogen and oxygen atoms in total. The Balaban J connectivity index is 1.41. The molecule has 0 atom stereocenters. The molecule has 1 amide bonds. The molecule has 0 saturated carbocycles. The third kappa shape index (κ3) is 3.78. The number of aryl methyl sites for hydroxylation is 2. The quantitative estimate of drug-likeness (QED) is 0.669. The second kappa shape index (κ2) is 8.02. The number of rotatable bonds is 6. The standard InChI is InChI=1S/C21H24N6O3/c1-13-7-14(2)27(25-13)20-9-19(22-12-23-20)26-10-15(11-26)21(28)24-17-6-5-16(29-3)8-18(17)30-4/h5-9,12,15H,10-11H2,1-4H3,(H,24,28). The largest absolute Gasteiger partial charge is 0.497 e. The minimum Gasteiger partial charge on any atom is -0.497 e. The maximum absolute atomic E-state index is 12.7. The summed E-state index contributed by atoms with van der Waals surface area (Å²) in [6.45, 7) is 5.09. The molecule has 9 heteroatoms. The number of anilines is 2. The van der Waals surface area contributed by atoms with E-state index >= 15 is 0 Å². The van der Waals surface area contributed by atoms with E-state index in [1.54, 1.807) is 37.1 Å².